The molecule has 0 unspecified atom stereocenters. The summed E-state index contributed by atoms with van der Waals surface area (Å²) in [5, 5.41) is 2.93. The van der Waals surface area contributed by atoms with Gasteiger partial charge in [-0.15, -0.1) is 0 Å². The van der Waals surface area contributed by atoms with Crippen LogP contribution < -0.4 is 10.2 Å². The van der Waals surface area contributed by atoms with Crippen LogP contribution in [0, 0.1) is 6.92 Å². The van der Waals surface area contributed by atoms with E-state index in [1.807, 2.05) is 19.1 Å². The van der Waals surface area contributed by atoms with Crippen LogP contribution in [0.2, 0.25) is 0 Å². The van der Waals surface area contributed by atoms with E-state index in [0.29, 0.717) is 23.8 Å². The van der Waals surface area contributed by atoms with Crippen molar-refractivity contribution in [2.75, 3.05) is 44.7 Å². The quantitative estimate of drug-likeness (QED) is 0.801. The van der Waals surface area contributed by atoms with Crippen LogP contribution >= 0.6 is 0 Å². The Bertz CT molecular complexity index is 693. The molecular formula is C18H25N5O2. The number of hydrogen-bond acceptors (Lipinski definition) is 6. The molecule has 0 spiro atoms. The molecule has 1 aliphatic heterocycles. The molecule has 0 bridgehead atoms. The smallest absolute Gasteiger partial charge is 0.254 e. The van der Waals surface area contributed by atoms with Gasteiger partial charge in [-0.3, -0.25) is 4.79 Å². The van der Waals surface area contributed by atoms with Gasteiger partial charge in [0.15, 0.2) is 0 Å². The van der Waals surface area contributed by atoms with Crippen molar-refractivity contribution in [2.45, 2.75) is 19.8 Å². The number of hydrogen-bond donors (Lipinski definition) is 1. The number of likely N-dealkylation sites (N-methyl/N-ethyl adjacent to an activating group) is 1. The number of aryl methyl sites for hydroxylation is 2. The maximum atomic E-state index is 12.3. The van der Waals surface area contributed by atoms with Crippen LogP contribution in [0.1, 0.15) is 28.2 Å². The molecule has 0 aliphatic carbocycles. The molecule has 7 nitrogen and oxygen atoms in total. The van der Waals surface area contributed by atoms with Crippen LogP contribution in [0.3, 0.4) is 0 Å². The number of carbonyl (C=O) groups is 1. The van der Waals surface area contributed by atoms with Crippen LogP contribution in [-0.2, 0) is 6.42 Å². The topological polar surface area (TPSA) is 74.5 Å². The molecular weight excluding hydrogens is 318 g/mol. The van der Waals surface area contributed by atoms with Crippen LogP contribution in [0.4, 0.5) is 5.95 Å². The molecule has 1 fully saturated rings. The molecule has 134 valence electrons. The van der Waals surface area contributed by atoms with Crippen molar-refractivity contribution in [3.05, 3.63) is 41.6 Å². The summed E-state index contributed by atoms with van der Waals surface area (Å²) in [6.07, 6.45) is 4.94. The minimum atomic E-state index is -0.123. The third-order valence-electron chi connectivity index (χ3n) is 4.46. The fraction of sp³-hybridized carbons (Fsp3) is 0.500. The summed E-state index contributed by atoms with van der Waals surface area (Å²) >= 11 is 0. The Morgan fingerprint density at radius 3 is 2.80 bits per heavy atom. The average molecular weight is 343 g/mol. The maximum Gasteiger partial charge on any atom is 0.254 e. The Kier molecular flexibility index (Phi) is 5.65. The second-order valence-electron chi connectivity index (χ2n) is 6.40. The van der Waals surface area contributed by atoms with Crippen molar-refractivity contribution in [3.63, 3.8) is 0 Å². The van der Waals surface area contributed by atoms with E-state index in [9.17, 15) is 4.79 Å². The predicted octanol–water partition coefficient (Wildman–Crippen LogP) is 1.49. The van der Waals surface area contributed by atoms with Crippen LogP contribution in [-0.4, -0.2) is 60.5 Å². The lowest BCUT2D eigenvalue weighted by atomic mass is 10.2. The lowest BCUT2D eigenvalue weighted by molar-refractivity contribution is 0.0951. The molecule has 0 radical (unpaired) electrons. The summed E-state index contributed by atoms with van der Waals surface area (Å²) in [4.78, 5) is 25.7. The van der Waals surface area contributed by atoms with Gasteiger partial charge in [-0.05, 0) is 32.5 Å². The normalized spacial score (nSPS) is 15.4. The van der Waals surface area contributed by atoms with Gasteiger partial charge in [-0.25, -0.2) is 9.97 Å². The van der Waals surface area contributed by atoms with Gasteiger partial charge in [-0.2, -0.15) is 0 Å². The summed E-state index contributed by atoms with van der Waals surface area (Å²) in [6.45, 7) is 6.28. The minimum Gasteiger partial charge on any atom is -0.469 e. The molecule has 1 saturated heterocycles. The number of aromatic nitrogens is 2. The molecule has 25 heavy (non-hydrogen) atoms. The van der Waals surface area contributed by atoms with E-state index < -0.39 is 0 Å². The third kappa shape index (κ3) is 4.57. The van der Waals surface area contributed by atoms with Crippen molar-refractivity contribution in [1.82, 2.24) is 20.2 Å². The molecule has 2 aromatic rings. The van der Waals surface area contributed by atoms with Gasteiger partial charge >= 0.3 is 0 Å². The van der Waals surface area contributed by atoms with E-state index in [2.05, 4.69) is 32.1 Å². The van der Waals surface area contributed by atoms with Gasteiger partial charge in [0.1, 0.15) is 5.76 Å². The second-order valence-corrected chi connectivity index (χ2v) is 6.40. The first-order chi connectivity index (χ1) is 12.1. The highest BCUT2D eigenvalue weighted by Gasteiger charge is 2.18. The number of rotatable bonds is 6. The van der Waals surface area contributed by atoms with E-state index in [4.69, 9.17) is 4.42 Å². The summed E-state index contributed by atoms with van der Waals surface area (Å²) in [5.74, 6) is 1.52. The number of carbonyl (C=O) groups excluding carboxylic acids is 1. The Labute approximate surface area is 148 Å². The maximum absolute atomic E-state index is 12.3. The Morgan fingerprint density at radius 1 is 1.32 bits per heavy atom. The minimum absolute atomic E-state index is 0.123. The van der Waals surface area contributed by atoms with E-state index in [-0.39, 0.29) is 5.91 Å². The Balaban J connectivity index is 1.52. The van der Waals surface area contributed by atoms with E-state index in [1.165, 1.54) is 0 Å². The predicted molar refractivity (Wildman–Crippen MR) is 95.8 cm³/mol. The van der Waals surface area contributed by atoms with Gasteiger partial charge in [-0.1, -0.05) is 0 Å². The van der Waals surface area contributed by atoms with Crippen LogP contribution in [0.5, 0.6) is 0 Å². The van der Waals surface area contributed by atoms with Crippen molar-refractivity contribution in [2.24, 2.45) is 0 Å². The molecule has 3 rings (SSSR count). The molecule has 0 atom stereocenters. The number of anilines is 1. The Hall–Kier alpha value is -2.41. The van der Waals surface area contributed by atoms with Gasteiger partial charge in [0.2, 0.25) is 5.95 Å². The van der Waals surface area contributed by atoms with E-state index in [0.717, 1.165) is 44.8 Å². The van der Waals surface area contributed by atoms with E-state index >= 15 is 0 Å². The first kappa shape index (κ1) is 17.4. The molecule has 7 heteroatoms. The largest absolute Gasteiger partial charge is 0.469 e. The third-order valence-corrected chi connectivity index (χ3v) is 4.46. The zero-order valence-corrected chi connectivity index (χ0v) is 14.9. The zero-order chi connectivity index (χ0) is 17.6. The first-order valence-corrected chi connectivity index (χ1v) is 8.71. The lowest BCUT2D eigenvalue weighted by Gasteiger charge is -2.32. The summed E-state index contributed by atoms with van der Waals surface area (Å²) in [5.41, 5.74) is 1.25. The molecule has 1 aliphatic rings. The number of piperazine rings is 1. The van der Waals surface area contributed by atoms with E-state index in [1.54, 1.807) is 12.5 Å². The molecule has 2 aromatic heterocycles. The SMILES string of the molecule is Cc1nc(N2CCN(C)CC2)ncc1C(=O)NCCCc1ccco1. The Morgan fingerprint density at radius 2 is 2.12 bits per heavy atom. The highest BCUT2D eigenvalue weighted by molar-refractivity contribution is 5.94. The fourth-order valence-corrected chi connectivity index (χ4v) is 2.85. The monoisotopic (exact) mass is 343 g/mol. The molecule has 0 aromatic carbocycles. The standard InChI is InChI=1S/C18H25N5O2/c1-14-16(17(24)19-7-3-5-15-6-4-12-25-15)13-20-18(21-14)23-10-8-22(2)9-11-23/h4,6,12-13H,3,5,7-11H2,1-2H3,(H,19,24). The van der Waals surface area contributed by atoms with Crippen LogP contribution in [0.25, 0.3) is 0 Å². The first-order valence-electron chi connectivity index (χ1n) is 8.71. The molecule has 1 amide bonds. The highest BCUT2D eigenvalue weighted by atomic mass is 16.3. The summed E-state index contributed by atoms with van der Waals surface area (Å²) in [7, 11) is 2.11. The van der Waals surface area contributed by atoms with Crippen molar-refractivity contribution < 1.29 is 9.21 Å². The summed E-state index contributed by atoms with van der Waals surface area (Å²) < 4.78 is 5.28. The van der Waals surface area contributed by atoms with Crippen LogP contribution in [0.15, 0.2) is 29.0 Å². The van der Waals surface area contributed by atoms with Crippen molar-refractivity contribution in [3.8, 4) is 0 Å². The van der Waals surface area contributed by atoms with Gasteiger partial charge in [0.25, 0.3) is 5.91 Å². The number of nitrogens with one attached hydrogen (secondary N) is 1. The molecule has 3 heterocycles. The highest BCUT2D eigenvalue weighted by Crippen LogP contribution is 2.13. The molecule has 1 N–H and O–H groups in total. The molecule has 0 saturated carbocycles. The van der Waals surface area contributed by atoms with Crippen molar-refractivity contribution in [1.29, 1.82) is 0 Å². The number of furan rings is 1. The fourth-order valence-electron chi connectivity index (χ4n) is 2.85. The summed E-state index contributed by atoms with van der Waals surface area (Å²) in [6, 6.07) is 3.81. The van der Waals surface area contributed by atoms with Gasteiger partial charge in [0, 0.05) is 45.3 Å². The lowest BCUT2D eigenvalue weighted by Crippen LogP contribution is -2.45. The second kappa shape index (κ2) is 8.11. The van der Waals surface area contributed by atoms with Gasteiger partial charge < -0.3 is 19.5 Å². The zero-order valence-electron chi connectivity index (χ0n) is 14.9. The van der Waals surface area contributed by atoms with Crippen molar-refractivity contribution >= 4 is 11.9 Å². The average Bonchev–Trinajstić information content (AvgIpc) is 3.12. The number of amides is 1. The van der Waals surface area contributed by atoms with Gasteiger partial charge in [0.05, 0.1) is 17.5 Å². The number of nitrogens with zero attached hydrogens (tertiary/aromatic N) is 4.